The van der Waals surface area contributed by atoms with Crippen LogP contribution < -0.4 is 0 Å². The number of benzene rings is 1. The number of hydrogen-bond donors (Lipinski definition) is 2. The Morgan fingerprint density at radius 2 is 1.90 bits per heavy atom. The van der Waals surface area contributed by atoms with Gasteiger partial charge in [-0.15, -0.1) is 0 Å². The summed E-state index contributed by atoms with van der Waals surface area (Å²) in [6.45, 7) is 0.297. The zero-order valence-corrected chi connectivity index (χ0v) is 16.5. The van der Waals surface area contributed by atoms with Crippen molar-refractivity contribution in [2.24, 2.45) is 0 Å². The van der Waals surface area contributed by atoms with Crippen molar-refractivity contribution in [1.82, 2.24) is 14.9 Å². The highest BCUT2D eigenvalue weighted by Gasteiger charge is 2.47. The van der Waals surface area contributed by atoms with Gasteiger partial charge in [0.15, 0.2) is 0 Å². The fourth-order valence-electron chi connectivity index (χ4n) is 4.10. The second kappa shape index (κ2) is 7.60. The first-order valence-corrected chi connectivity index (χ1v) is 9.92. The molecule has 0 aliphatic carbocycles. The number of nitrogens with zero attached hydrogens (tertiary/aromatic N) is 2. The summed E-state index contributed by atoms with van der Waals surface area (Å²) in [5.41, 5.74) is 2.50. The molecule has 0 saturated carbocycles. The number of para-hydroxylation sites is 1. The number of carbonyl (C=O) groups excluding carboxylic acids is 2. The molecule has 2 N–H and O–H groups in total. The van der Waals surface area contributed by atoms with E-state index in [4.69, 9.17) is 4.42 Å². The van der Waals surface area contributed by atoms with E-state index in [1.54, 1.807) is 24.3 Å². The molecule has 7 nitrogen and oxygen atoms in total. The third kappa shape index (κ3) is 3.20. The van der Waals surface area contributed by atoms with E-state index in [0.717, 1.165) is 16.5 Å². The van der Waals surface area contributed by atoms with Crippen molar-refractivity contribution in [1.29, 1.82) is 0 Å². The molecule has 7 heteroatoms. The number of H-pyrrole nitrogens is 1. The second-order valence-corrected chi connectivity index (χ2v) is 7.35. The lowest BCUT2D eigenvalue weighted by molar-refractivity contribution is -0.140. The first-order chi connectivity index (χ1) is 15.1. The molecule has 5 rings (SSSR count). The number of aromatic nitrogens is 2. The molecule has 1 unspecified atom stereocenters. The molecule has 31 heavy (non-hydrogen) atoms. The molecular weight excluding hydrogens is 394 g/mol. The molecule has 0 radical (unpaired) electrons. The van der Waals surface area contributed by atoms with E-state index in [1.807, 2.05) is 30.5 Å². The lowest BCUT2D eigenvalue weighted by atomic mass is 9.99. The number of amides is 1. The molecule has 154 valence electrons. The molecule has 1 aliphatic heterocycles. The van der Waals surface area contributed by atoms with Gasteiger partial charge in [-0.05, 0) is 42.3 Å². The number of furan rings is 1. The van der Waals surface area contributed by atoms with Crippen molar-refractivity contribution in [3.8, 4) is 0 Å². The predicted molar refractivity (Wildman–Crippen MR) is 114 cm³/mol. The van der Waals surface area contributed by atoms with E-state index in [1.165, 1.54) is 23.6 Å². The fraction of sp³-hybridized carbons (Fsp3) is 0.125. The van der Waals surface area contributed by atoms with Crippen LogP contribution in [0.5, 0.6) is 0 Å². The average molecular weight is 413 g/mol. The van der Waals surface area contributed by atoms with Gasteiger partial charge >= 0.3 is 0 Å². The zero-order valence-electron chi connectivity index (χ0n) is 16.5. The van der Waals surface area contributed by atoms with Gasteiger partial charge in [0.2, 0.25) is 0 Å². The number of pyridine rings is 1. The Hall–Kier alpha value is -4.13. The maximum Gasteiger partial charge on any atom is 0.295 e. The maximum atomic E-state index is 12.9. The van der Waals surface area contributed by atoms with Gasteiger partial charge in [-0.1, -0.05) is 18.2 Å². The van der Waals surface area contributed by atoms with E-state index < -0.39 is 17.7 Å². The molecule has 4 aromatic rings. The quantitative estimate of drug-likeness (QED) is 0.294. The van der Waals surface area contributed by atoms with Gasteiger partial charge in [-0.2, -0.15) is 0 Å². The molecule has 1 aromatic carbocycles. The number of Topliss-reactive ketones (excluding diaryl/α,β-unsaturated/α-hetero) is 1. The summed E-state index contributed by atoms with van der Waals surface area (Å²) in [4.78, 5) is 34.5. The molecule has 3 aromatic heterocycles. The van der Waals surface area contributed by atoms with E-state index in [9.17, 15) is 14.7 Å². The van der Waals surface area contributed by atoms with Gasteiger partial charge in [0, 0.05) is 41.6 Å². The van der Waals surface area contributed by atoms with Gasteiger partial charge in [0.05, 0.1) is 11.8 Å². The number of aromatic amines is 1. The summed E-state index contributed by atoms with van der Waals surface area (Å²) >= 11 is 0. The first kappa shape index (κ1) is 18.9. The Morgan fingerprint density at radius 1 is 1.10 bits per heavy atom. The van der Waals surface area contributed by atoms with Crippen molar-refractivity contribution >= 4 is 28.4 Å². The molecule has 4 heterocycles. The van der Waals surface area contributed by atoms with Crippen LogP contribution in [-0.2, 0) is 16.0 Å². The highest BCUT2D eigenvalue weighted by molar-refractivity contribution is 6.46. The van der Waals surface area contributed by atoms with Crippen LogP contribution in [0.25, 0.3) is 16.7 Å². The number of hydrogen-bond acceptors (Lipinski definition) is 5. The van der Waals surface area contributed by atoms with E-state index >= 15 is 0 Å². The van der Waals surface area contributed by atoms with Crippen molar-refractivity contribution in [2.75, 3.05) is 6.54 Å². The Balaban J connectivity index is 1.53. The van der Waals surface area contributed by atoms with Gasteiger partial charge in [0.25, 0.3) is 11.7 Å². The highest BCUT2D eigenvalue weighted by Crippen LogP contribution is 2.39. The minimum Gasteiger partial charge on any atom is -0.507 e. The van der Waals surface area contributed by atoms with Crippen molar-refractivity contribution < 1.29 is 19.1 Å². The average Bonchev–Trinajstić information content (AvgIpc) is 3.53. The zero-order chi connectivity index (χ0) is 21.4. The summed E-state index contributed by atoms with van der Waals surface area (Å²) in [5.74, 6) is -1.20. The number of aliphatic hydroxyl groups excluding tert-OH is 1. The number of aliphatic hydroxyl groups is 1. The summed E-state index contributed by atoms with van der Waals surface area (Å²) in [6, 6.07) is 13.7. The van der Waals surface area contributed by atoms with Gasteiger partial charge in [-0.3, -0.25) is 14.6 Å². The monoisotopic (exact) mass is 413 g/mol. The van der Waals surface area contributed by atoms with Crippen LogP contribution in [0.4, 0.5) is 0 Å². The second-order valence-electron chi connectivity index (χ2n) is 7.35. The molecule has 1 atom stereocenters. The van der Waals surface area contributed by atoms with Crippen molar-refractivity contribution in [2.45, 2.75) is 12.5 Å². The molecule has 1 amide bonds. The molecule has 0 bridgehead atoms. The SMILES string of the molecule is O=C1C(=O)N(CCc2c[nH]c3ccccc23)C(c2ccco2)/C1=C(/O)c1ccncc1. The molecule has 1 aliphatic rings. The fourth-order valence-corrected chi connectivity index (χ4v) is 4.10. The number of ketones is 1. The summed E-state index contributed by atoms with van der Waals surface area (Å²) in [6.07, 6.45) is 6.99. The Kier molecular flexibility index (Phi) is 4.63. The Labute approximate surface area is 177 Å². The van der Waals surface area contributed by atoms with E-state index in [-0.39, 0.29) is 11.3 Å². The van der Waals surface area contributed by atoms with Gasteiger partial charge in [0.1, 0.15) is 17.6 Å². The largest absolute Gasteiger partial charge is 0.507 e. The normalized spacial score (nSPS) is 18.2. The highest BCUT2D eigenvalue weighted by atomic mass is 16.3. The minimum absolute atomic E-state index is 0.0186. The Bertz CT molecular complexity index is 1290. The number of likely N-dealkylation sites (tertiary alicyclic amines) is 1. The van der Waals surface area contributed by atoms with Gasteiger partial charge in [-0.25, -0.2) is 0 Å². The first-order valence-electron chi connectivity index (χ1n) is 9.92. The van der Waals surface area contributed by atoms with Crippen LogP contribution in [0.1, 0.15) is 22.9 Å². The van der Waals surface area contributed by atoms with Crippen LogP contribution in [-0.4, -0.2) is 38.2 Å². The number of nitrogens with one attached hydrogen (secondary N) is 1. The third-order valence-electron chi connectivity index (χ3n) is 5.60. The minimum atomic E-state index is -0.798. The number of rotatable bonds is 5. The standard InChI is InChI=1S/C24H19N3O4/c28-22(15-7-10-25-11-8-15)20-21(19-6-3-13-31-19)27(24(30)23(20)29)12-9-16-14-26-18-5-2-1-4-17(16)18/h1-8,10-11,13-14,21,26,28H,9,12H2/b22-20-. The smallest absolute Gasteiger partial charge is 0.295 e. The predicted octanol–water partition coefficient (Wildman–Crippen LogP) is 3.82. The lowest BCUT2D eigenvalue weighted by Gasteiger charge is -2.23. The number of carbonyl (C=O) groups is 2. The molecule has 1 fully saturated rings. The molecule has 1 saturated heterocycles. The van der Waals surface area contributed by atoms with Crippen LogP contribution in [0.3, 0.4) is 0 Å². The van der Waals surface area contributed by atoms with E-state index in [2.05, 4.69) is 9.97 Å². The molecular formula is C24H19N3O4. The molecule has 0 spiro atoms. The van der Waals surface area contributed by atoms with E-state index in [0.29, 0.717) is 24.3 Å². The van der Waals surface area contributed by atoms with Crippen LogP contribution >= 0.6 is 0 Å². The Morgan fingerprint density at radius 3 is 2.68 bits per heavy atom. The van der Waals surface area contributed by atoms with Crippen molar-refractivity contribution in [3.63, 3.8) is 0 Å². The number of fused-ring (bicyclic) bond motifs is 1. The van der Waals surface area contributed by atoms with Gasteiger partial charge < -0.3 is 19.4 Å². The van der Waals surface area contributed by atoms with Crippen LogP contribution in [0.2, 0.25) is 0 Å². The summed E-state index contributed by atoms with van der Waals surface area (Å²) in [7, 11) is 0. The van der Waals surface area contributed by atoms with Crippen LogP contribution in [0, 0.1) is 0 Å². The maximum absolute atomic E-state index is 12.9. The van der Waals surface area contributed by atoms with Crippen LogP contribution in [0.15, 0.2) is 83.4 Å². The third-order valence-corrected chi connectivity index (χ3v) is 5.60. The topological polar surface area (TPSA) is 99.4 Å². The summed E-state index contributed by atoms with van der Waals surface area (Å²) in [5, 5.41) is 12.0. The van der Waals surface area contributed by atoms with Crippen molar-refractivity contribution in [3.05, 3.63) is 95.8 Å². The summed E-state index contributed by atoms with van der Waals surface area (Å²) < 4.78 is 5.56. The lowest BCUT2D eigenvalue weighted by Crippen LogP contribution is -2.31.